The summed E-state index contributed by atoms with van der Waals surface area (Å²) in [5.41, 5.74) is -0.0334. The number of methoxy groups -OCH3 is 1. The molecule has 0 bridgehead atoms. The van der Waals surface area contributed by atoms with Crippen molar-refractivity contribution in [1.82, 2.24) is 0 Å². The van der Waals surface area contributed by atoms with Crippen LogP contribution in [0.25, 0.3) is 0 Å². The molecule has 0 atom stereocenters. The zero-order valence-electron chi connectivity index (χ0n) is 16.4. The van der Waals surface area contributed by atoms with Crippen LogP contribution in [0.1, 0.15) is 39.5 Å². The summed E-state index contributed by atoms with van der Waals surface area (Å²) in [6.45, 7) is 3.39. The van der Waals surface area contributed by atoms with E-state index in [-0.39, 0.29) is 40.1 Å². The van der Waals surface area contributed by atoms with E-state index >= 15 is 0 Å². The molecule has 0 unspecified atom stereocenters. The van der Waals surface area contributed by atoms with Gasteiger partial charge in [-0.2, -0.15) is 0 Å². The third-order valence-electron chi connectivity index (χ3n) is 4.34. The van der Waals surface area contributed by atoms with Gasteiger partial charge in [0.1, 0.15) is 17.4 Å². The smallest absolute Gasteiger partial charge is 0.334 e. The van der Waals surface area contributed by atoms with Gasteiger partial charge >= 0.3 is 5.97 Å². The topological polar surface area (TPSA) is 72.9 Å². The lowest BCUT2D eigenvalue weighted by Crippen LogP contribution is -2.40. The van der Waals surface area contributed by atoms with E-state index in [9.17, 15) is 18.8 Å². The summed E-state index contributed by atoms with van der Waals surface area (Å²) in [5, 5.41) is -0.0162. The molecule has 0 aliphatic heterocycles. The number of esters is 1. The lowest BCUT2D eigenvalue weighted by atomic mass is 9.90. The molecule has 0 saturated carbocycles. The van der Waals surface area contributed by atoms with Crippen molar-refractivity contribution < 1.29 is 28.2 Å². The van der Waals surface area contributed by atoms with Crippen LogP contribution in [-0.4, -0.2) is 36.9 Å². The van der Waals surface area contributed by atoms with Crippen LogP contribution in [-0.2, 0) is 19.1 Å². The van der Waals surface area contributed by atoms with Crippen molar-refractivity contribution in [3.8, 4) is 5.75 Å². The number of ether oxygens (including phenoxy) is 2. The van der Waals surface area contributed by atoms with Crippen molar-refractivity contribution in [2.24, 2.45) is 0 Å². The Labute approximate surface area is 178 Å². The number of benzene rings is 1. The zero-order valence-corrected chi connectivity index (χ0v) is 17.9. The second-order valence-corrected chi connectivity index (χ2v) is 7.40. The van der Waals surface area contributed by atoms with E-state index in [2.05, 4.69) is 0 Å². The number of alkyl halides is 1. The van der Waals surface area contributed by atoms with E-state index < -0.39 is 29.5 Å². The van der Waals surface area contributed by atoms with Gasteiger partial charge in [0.05, 0.1) is 23.9 Å². The van der Waals surface area contributed by atoms with Gasteiger partial charge in [-0.25, -0.2) is 14.1 Å². The van der Waals surface area contributed by atoms with Gasteiger partial charge in [0.25, 0.3) is 5.91 Å². The monoisotopic (exact) mass is 445 g/mol. The van der Waals surface area contributed by atoms with E-state index in [1.165, 1.54) is 7.11 Å². The molecule has 1 aliphatic rings. The number of carbonyl (C=O) groups excluding carboxylic acids is 3. The van der Waals surface area contributed by atoms with Gasteiger partial charge < -0.3 is 9.47 Å². The molecule has 6 nitrogen and oxygen atoms in total. The van der Waals surface area contributed by atoms with Gasteiger partial charge in [-0.3, -0.25) is 9.59 Å². The minimum absolute atomic E-state index is 0.0162. The molecular formula is C20H22Cl2FNO5. The first-order valence-electron chi connectivity index (χ1n) is 9.10. The second-order valence-electron chi connectivity index (χ2n) is 6.72. The number of carbonyl (C=O) groups is 3. The normalized spacial score (nSPS) is 14.0. The van der Waals surface area contributed by atoms with Crippen molar-refractivity contribution >= 4 is 46.7 Å². The fraction of sp³-hybridized carbons (Fsp3) is 0.450. The largest absolute Gasteiger partial charge is 0.495 e. The molecule has 1 aromatic carbocycles. The van der Waals surface area contributed by atoms with E-state index in [1.54, 1.807) is 13.8 Å². The molecule has 0 saturated heterocycles. The molecule has 2 rings (SSSR count). The number of halogens is 3. The van der Waals surface area contributed by atoms with E-state index in [4.69, 9.17) is 32.7 Å². The van der Waals surface area contributed by atoms with Crippen molar-refractivity contribution in [2.45, 2.75) is 45.6 Å². The van der Waals surface area contributed by atoms with Gasteiger partial charge in [-0.1, -0.05) is 11.6 Å². The fourth-order valence-corrected chi connectivity index (χ4v) is 3.40. The van der Waals surface area contributed by atoms with Gasteiger partial charge in [0.15, 0.2) is 0 Å². The molecule has 9 heteroatoms. The molecule has 0 fully saturated rings. The van der Waals surface area contributed by atoms with Crippen LogP contribution >= 0.6 is 23.2 Å². The van der Waals surface area contributed by atoms with Crippen LogP contribution < -0.4 is 9.64 Å². The van der Waals surface area contributed by atoms with Crippen LogP contribution in [0.3, 0.4) is 0 Å². The summed E-state index contributed by atoms with van der Waals surface area (Å²) in [5.74, 6) is -3.64. The number of imide groups is 1. The molecule has 1 aliphatic carbocycles. The maximum absolute atomic E-state index is 14.6. The first kappa shape index (κ1) is 23.2. The summed E-state index contributed by atoms with van der Waals surface area (Å²) in [7, 11) is 1.32. The molecule has 0 N–H and O–H groups in total. The number of amides is 2. The highest BCUT2D eigenvalue weighted by Gasteiger charge is 2.33. The predicted molar refractivity (Wildman–Crippen MR) is 108 cm³/mol. The Morgan fingerprint density at radius 1 is 1.17 bits per heavy atom. The minimum atomic E-state index is -0.898. The first-order chi connectivity index (χ1) is 13.7. The Kier molecular flexibility index (Phi) is 8.05. The lowest BCUT2D eigenvalue weighted by molar-refractivity contribution is -0.143. The Bertz CT molecular complexity index is 854. The standard InChI is InChI=1S/C20H22Cl2FNO5/c1-11(2)29-20(27)13-7-5-4-6-12(13)19(26)24(18(25)10-21)16-9-17(28-3)14(22)8-15(16)23/h8-9,11H,4-7,10H2,1-3H3. The van der Waals surface area contributed by atoms with Crippen LogP contribution in [0.15, 0.2) is 23.3 Å². The minimum Gasteiger partial charge on any atom is -0.495 e. The summed E-state index contributed by atoms with van der Waals surface area (Å²) in [6.07, 6.45) is 1.58. The molecule has 158 valence electrons. The number of hydrogen-bond donors (Lipinski definition) is 0. The Hall–Kier alpha value is -2.12. The zero-order chi connectivity index (χ0) is 21.7. The fourth-order valence-electron chi connectivity index (χ4n) is 3.05. The van der Waals surface area contributed by atoms with Crippen molar-refractivity contribution in [1.29, 1.82) is 0 Å². The van der Waals surface area contributed by atoms with Gasteiger partial charge in [-0.15, -0.1) is 11.6 Å². The van der Waals surface area contributed by atoms with Gasteiger partial charge in [0.2, 0.25) is 5.91 Å². The molecule has 0 heterocycles. The van der Waals surface area contributed by atoms with Crippen molar-refractivity contribution in [3.05, 3.63) is 34.1 Å². The first-order valence-corrected chi connectivity index (χ1v) is 10.0. The van der Waals surface area contributed by atoms with Crippen LogP contribution in [0.4, 0.5) is 10.1 Å². The van der Waals surface area contributed by atoms with E-state index in [1.807, 2.05) is 0 Å². The van der Waals surface area contributed by atoms with Gasteiger partial charge in [0, 0.05) is 17.2 Å². The highest BCUT2D eigenvalue weighted by atomic mass is 35.5. The Morgan fingerprint density at radius 2 is 1.79 bits per heavy atom. The number of hydrogen-bond acceptors (Lipinski definition) is 5. The van der Waals surface area contributed by atoms with Gasteiger partial charge in [-0.05, 0) is 45.6 Å². The van der Waals surface area contributed by atoms with E-state index in [0.29, 0.717) is 24.2 Å². The Morgan fingerprint density at radius 3 is 2.34 bits per heavy atom. The van der Waals surface area contributed by atoms with Crippen LogP contribution in [0.5, 0.6) is 5.75 Å². The second kappa shape index (κ2) is 10.1. The van der Waals surface area contributed by atoms with Crippen LogP contribution in [0.2, 0.25) is 5.02 Å². The number of nitrogens with zero attached hydrogens (tertiary/aromatic N) is 1. The summed E-state index contributed by atoms with van der Waals surface area (Å²) >= 11 is 11.6. The molecule has 29 heavy (non-hydrogen) atoms. The third-order valence-corrected chi connectivity index (χ3v) is 4.87. The maximum atomic E-state index is 14.6. The molecule has 0 aromatic heterocycles. The third kappa shape index (κ3) is 5.28. The molecule has 0 radical (unpaired) electrons. The van der Waals surface area contributed by atoms with E-state index in [0.717, 1.165) is 12.1 Å². The number of rotatable bonds is 6. The summed E-state index contributed by atoms with van der Waals surface area (Å²) < 4.78 is 24.9. The average Bonchev–Trinajstić information content (AvgIpc) is 2.68. The predicted octanol–water partition coefficient (Wildman–Crippen LogP) is 4.41. The molecule has 0 spiro atoms. The quantitative estimate of drug-likeness (QED) is 0.478. The molecule has 2 amide bonds. The summed E-state index contributed by atoms with van der Waals surface area (Å²) in [6, 6.07) is 2.09. The highest BCUT2D eigenvalue weighted by molar-refractivity contribution is 6.35. The SMILES string of the molecule is COc1cc(N(C(=O)CCl)C(=O)C2=C(C(=O)OC(C)C)CCCC2)c(F)cc1Cl. The molecule has 1 aromatic rings. The Balaban J connectivity index is 2.58. The van der Waals surface area contributed by atoms with Crippen LogP contribution in [0, 0.1) is 5.82 Å². The summed E-state index contributed by atoms with van der Waals surface area (Å²) in [4.78, 5) is 38.8. The maximum Gasteiger partial charge on any atom is 0.334 e. The highest BCUT2D eigenvalue weighted by Crippen LogP contribution is 2.35. The number of anilines is 1. The van der Waals surface area contributed by atoms with Crippen molar-refractivity contribution in [3.63, 3.8) is 0 Å². The van der Waals surface area contributed by atoms with Crippen molar-refractivity contribution in [2.75, 3.05) is 17.9 Å². The molecular weight excluding hydrogens is 424 g/mol. The average molecular weight is 446 g/mol. The lowest BCUT2D eigenvalue weighted by Gasteiger charge is -2.26.